The van der Waals surface area contributed by atoms with Crippen molar-refractivity contribution in [1.29, 1.82) is 0 Å². The molecular weight excluding hydrogens is 204 g/mol. The fraction of sp³-hybridized carbons (Fsp3) is 0.769. The molecule has 0 saturated carbocycles. The topological polar surface area (TPSA) is 17.1 Å². The summed E-state index contributed by atoms with van der Waals surface area (Å²) in [5.41, 5.74) is 1.10. The number of Topliss-reactive ketones (excluding diaryl/α,β-unsaturated/α-hetero) is 1. The van der Waals surface area contributed by atoms with E-state index >= 15 is 0 Å². The second-order valence-electron chi connectivity index (χ2n) is 4.28. The highest BCUT2D eigenvalue weighted by Gasteiger charge is 2.12. The summed E-state index contributed by atoms with van der Waals surface area (Å²) in [6, 6.07) is 0. The second kappa shape index (κ2) is 7.10. The van der Waals surface area contributed by atoms with Crippen molar-refractivity contribution < 1.29 is 4.79 Å². The van der Waals surface area contributed by atoms with Crippen LogP contribution in [0.5, 0.6) is 0 Å². The van der Waals surface area contributed by atoms with Crippen LogP contribution in [0, 0.1) is 0 Å². The summed E-state index contributed by atoms with van der Waals surface area (Å²) in [4.78, 5) is 11.9. The quantitative estimate of drug-likeness (QED) is 0.705. The summed E-state index contributed by atoms with van der Waals surface area (Å²) in [6.07, 6.45) is 9.19. The van der Waals surface area contributed by atoms with Crippen molar-refractivity contribution >= 4 is 17.5 Å². The second-order valence-corrected chi connectivity index (χ2v) is 5.71. The molecule has 0 saturated heterocycles. The lowest BCUT2D eigenvalue weighted by atomic mass is 10.1. The van der Waals surface area contributed by atoms with E-state index < -0.39 is 0 Å². The first kappa shape index (κ1) is 12.8. The first-order valence-electron chi connectivity index (χ1n) is 6.08. The van der Waals surface area contributed by atoms with Crippen LogP contribution in [0.3, 0.4) is 0 Å². The predicted octanol–water partition coefficient (Wildman–Crippen LogP) is 3.98. The number of hydrogen-bond acceptors (Lipinski definition) is 2. The molecule has 0 aromatic carbocycles. The lowest BCUT2D eigenvalue weighted by Crippen LogP contribution is -2.08. The van der Waals surface area contributed by atoms with E-state index in [2.05, 4.69) is 19.9 Å². The fourth-order valence-corrected chi connectivity index (χ4v) is 2.55. The van der Waals surface area contributed by atoms with Crippen molar-refractivity contribution in [2.45, 2.75) is 57.6 Å². The van der Waals surface area contributed by atoms with E-state index in [4.69, 9.17) is 0 Å². The predicted molar refractivity (Wildman–Crippen MR) is 68.4 cm³/mol. The number of rotatable bonds is 5. The minimum atomic E-state index is 0.377. The summed E-state index contributed by atoms with van der Waals surface area (Å²) >= 11 is 1.79. The first-order chi connectivity index (χ1) is 7.24. The Bertz CT molecular complexity index is 233. The smallest absolute Gasteiger partial charge is 0.168 e. The third-order valence-electron chi connectivity index (χ3n) is 2.97. The number of allylic oxidation sites excluding steroid dienone is 2. The molecule has 1 aliphatic carbocycles. The van der Waals surface area contributed by atoms with E-state index in [1.54, 1.807) is 11.8 Å². The zero-order chi connectivity index (χ0) is 11.1. The van der Waals surface area contributed by atoms with Crippen LogP contribution in [0.15, 0.2) is 11.6 Å². The number of thioether (sulfide) groups is 1. The average Bonchev–Trinajstić information content (AvgIpc) is 2.53. The van der Waals surface area contributed by atoms with Gasteiger partial charge in [0.05, 0.1) is 5.75 Å². The van der Waals surface area contributed by atoms with Gasteiger partial charge in [-0.05, 0) is 37.7 Å². The Hall–Kier alpha value is -0.240. The molecule has 1 unspecified atom stereocenters. The zero-order valence-electron chi connectivity index (χ0n) is 9.92. The molecule has 0 heterocycles. The first-order valence-corrected chi connectivity index (χ1v) is 7.12. The molecule has 0 amide bonds. The Morgan fingerprint density at radius 3 is 3.00 bits per heavy atom. The van der Waals surface area contributed by atoms with Gasteiger partial charge in [0.2, 0.25) is 0 Å². The van der Waals surface area contributed by atoms with E-state index in [-0.39, 0.29) is 0 Å². The van der Waals surface area contributed by atoms with Crippen LogP contribution in [0.4, 0.5) is 0 Å². The lowest BCUT2D eigenvalue weighted by Gasteiger charge is -2.08. The van der Waals surface area contributed by atoms with E-state index in [9.17, 15) is 4.79 Å². The average molecular weight is 226 g/mol. The molecule has 1 aliphatic rings. The minimum absolute atomic E-state index is 0.377. The highest BCUT2D eigenvalue weighted by Crippen LogP contribution is 2.21. The third kappa shape index (κ3) is 4.87. The van der Waals surface area contributed by atoms with Gasteiger partial charge >= 0.3 is 0 Å². The Balaban J connectivity index is 2.35. The van der Waals surface area contributed by atoms with Gasteiger partial charge in [0.1, 0.15) is 0 Å². The van der Waals surface area contributed by atoms with E-state index in [0.717, 1.165) is 24.8 Å². The monoisotopic (exact) mass is 226 g/mol. The highest BCUT2D eigenvalue weighted by molar-refractivity contribution is 8.00. The van der Waals surface area contributed by atoms with Crippen molar-refractivity contribution in [3.05, 3.63) is 11.6 Å². The van der Waals surface area contributed by atoms with Crippen molar-refractivity contribution in [2.24, 2.45) is 0 Å². The van der Waals surface area contributed by atoms with Crippen LogP contribution < -0.4 is 0 Å². The van der Waals surface area contributed by atoms with Gasteiger partial charge in [-0.15, -0.1) is 0 Å². The molecule has 1 atom stereocenters. The molecule has 0 aromatic heterocycles. The Labute approximate surface area is 97.7 Å². The molecule has 0 aromatic rings. The SMILES string of the molecule is CCC(C)SCC(=O)C1=CCCCCC1. The number of carbonyl (C=O) groups excluding carboxylic acids is 1. The van der Waals surface area contributed by atoms with Crippen LogP contribution in [0.1, 0.15) is 52.4 Å². The highest BCUT2D eigenvalue weighted by atomic mass is 32.2. The van der Waals surface area contributed by atoms with Gasteiger partial charge in [0.15, 0.2) is 5.78 Å². The molecule has 0 N–H and O–H groups in total. The van der Waals surface area contributed by atoms with Gasteiger partial charge in [-0.3, -0.25) is 4.79 Å². The van der Waals surface area contributed by atoms with E-state index in [1.165, 1.54) is 19.3 Å². The van der Waals surface area contributed by atoms with Gasteiger partial charge < -0.3 is 0 Å². The summed E-state index contributed by atoms with van der Waals surface area (Å²) in [5.74, 6) is 1.06. The van der Waals surface area contributed by atoms with Crippen molar-refractivity contribution in [1.82, 2.24) is 0 Å². The summed E-state index contributed by atoms with van der Waals surface area (Å²) in [5, 5.41) is 0.611. The zero-order valence-corrected chi connectivity index (χ0v) is 10.7. The largest absolute Gasteiger partial charge is 0.294 e. The fourth-order valence-electron chi connectivity index (χ4n) is 1.70. The van der Waals surface area contributed by atoms with Crippen molar-refractivity contribution in [3.8, 4) is 0 Å². The molecule has 0 aliphatic heterocycles. The normalized spacial score (nSPS) is 19.2. The lowest BCUT2D eigenvalue weighted by molar-refractivity contribution is -0.113. The Kier molecular flexibility index (Phi) is 6.07. The summed E-state index contributed by atoms with van der Waals surface area (Å²) in [7, 11) is 0. The van der Waals surface area contributed by atoms with Crippen LogP contribution in [-0.4, -0.2) is 16.8 Å². The molecule has 1 rings (SSSR count). The summed E-state index contributed by atoms with van der Waals surface area (Å²) < 4.78 is 0. The van der Waals surface area contributed by atoms with Gasteiger partial charge in [-0.1, -0.05) is 26.3 Å². The molecule has 86 valence electrons. The Morgan fingerprint density at radius 2 is 2.27 bits per heavy atom. The molecule has 15 heavy (non-hydrogen) atoms. The standard InChI is InChI=1S/C13H22OS/c1-3-11(2)15-10-13(14)12-8-6-4-5-7-9-12/h8,11H,3-7,9-10H2,1-2H3. The van der Waals surface area contributed by atoms with Crippen LogP contribution in [0.2, 0.25) is 0 Å². The van der Waals surface area contributed by atoms with Gasteiger partial charge in [0, 0.05) is 5.25 Å². The minimum Gasteiger partial charge on any atom is -0.294 e. The Morgan fingerprint density at radius 1 is 1.47 bits per heavy atom. The van der Waals surface area contributed by atoms with Crippen molar-refractivity contribution in [2.75, 3.05) is 5.75 Å². The molecule has 0 bridgehead atoms. The molecule has 0 fully saturated rings. The maximum atomic E-state index is 11.9. The van der Waals surface area contributed by atoms with Crippen LogP contribution in [-0.2, 0) is 4.79 Å². The summed E-state index contributed by atoms with van der Waals surface area (Å²) in [6.45, 7) is 4.37. The van der Waals surface area contributed by atoms with Crippen LogP contribution >= 0.6 is 11.8 Å². The maximum absolute atomic E-state index is 11.9. The number of hydrogen-bond donors (Lipinski definition) is 0. The number of ketones is 1. The van der Waals surface area contributed by atoms with Crippen LogP contribution in [0.25, 0.3) is 0 Å². The molecular formula is C13H22OS. The molecule has 0 spiro atoms. The molecule has 2 heteroatoms. The van der Waals surface area contributed by atoms with Crippen molar-refractivity contribution in [3.63, 3.8) is 0 Å². The maximum Gasteiger partial charge on any atom is 0.168 e. The third-order valence-corrected chi connectivity index (χ3v) is 4.30. The van der Waals surface area contributed by atoms with E-state index in [0.29, 0.717) is 16.8 Å². The molecule has 0 radical (unpaired) electrons. The van der Waals surface area contributed by atoms with Gasteiger partial charge in [-0.2, -0.15) is 11.8 Å². The van der Waals surface area contributed by atoms with E-state index in [1.807, 2.05) is 0 Å². The molecule has 1 nitrogen and oxygen atoms in total. The van der Waals surface area contributed by atoms with Gasteiger partial charge in [-0.25, -0.2) is 0 Å². The number of carbonyl (C=O) groups is 1. The van der Waals surface area contributed by atoms with Gasteiger partial charge in [0.25, 0.3) is 0 Å².